The second-order valence-corrected chi connectivity index (χ2v) is 17.0. The molecule has 2 aromatic rings. The van der Waals surface area contributed by atoms with Crippen molar-refractivity contribution in [3.8, 4) is 11.5 Å². The number of carbonyl (C=O) groups is 5. The first-order valence-electron chi connectivity index (χ1n) is 18.1. The van der Waals surface area contributed by atoms with Crippen LogP contribution in [0.25, 0.3) is 0 Å². The zero-order valence-corrected chi connectivity index (χ0v) is 31.3. The summed E-state index contributed by atoms with van der Waals surface area (Å²) in [5.41, 5.74) is -2.29. The van der Waals surface area contributed by atoms with Crippen molar-refractivity contribution in [1.29, 1.82) is 0 Å². The van der Waals surface area contributed by atoms with E-state index in [9.17, 15) is 32.4 Å². The van der Waals surface area contributed by atoms with E-state index in [-0.39, 0.29) is 38.2 Å². The van der Waals surface area contributed by atoms with Crippen LogP contribution in [0.1, 0.15) is 69.7 Å². The van der Waals surface area contributed by atoms with Crippen LogP contribution in [0, 0.1) is 5.92 Å². The van der Waals surface area contributed by atoms with Gasteiger partial charge in [-0.05, 0) is 83.2 Å². The fourth-order valence-corrected chi connectivity index (χ4v) is 7.83. The highest BCUT2D eigenvalue weighted by molar-refractivity contribution is 7.91. The molecular formula is C38H46N4O11S. The molecule has 0 bridgehead atoms. The summed E-state index contributed by atoms with van der Waals surface area (Å²) in [7, 11) is -3.93. The number of nitrogens with one attached hydrogen (secondary N) is 3. The topological polar surface area (TPSA) is 196 Å². The number of sulfonamides is 1. The molecule has 0 aromatic heterocycles. The highest BCUT2D eigenvalue weighted by atomic mass is 32.2. The van der Waals surface area contributed by atoms with E-state index >= 15 is 0 Å². The lowest BCUT2D eigenvalue weighted by Crippen LogP contribution is -2.59. The zero-order chi connectivity index (χ0) is 38.7. The summed E-state index contributed by atoms with van der Waals surface area (Å²) in [6.45, 7) is 4.78. The minimum atomic E-state index is -3.93. The summed E-state index contributed by atoms with van der Waals surface area (Å²) in [6.07, 6.45) is 3.71. The lowest BCUT2D eigenvalue weighted by Gasteiger charge is -2.30. The van der Waals surface area contributed by atoms with Crippen molar-refractivity contribution in [2.45, 2.75) is 93.9 Å². The number of alkyl carbamates (subject to hydrolysis) is 1. The maximum absolute atomic E-state index is 14.3. The lowest BCUT2D eigenvalue weighted by molar-refractivity contribution is -0.142. The van der Waals surface area contributed by atoms with Crippen molar-refractivity contribution in [2.24, 2.45) is 5.92 Å². The number of ether oxygens (including phenoxy) is 4. The monoisotopic (exact) mass is 766 g/mol. The number of rotatable bonds is 8. The van der Waals surface area contributed by atoms with Crippen LogP contribution < -0.4 is 20.1 Å². The molecule has 2 aliphatic heterocycles. The minimum Gasteiger partial charge on any atom is -0.457 e. The number of esters is 1. The number of hydrogen-bond donors (Lipinski definition) is 3. The molecule has 0 spiro atoms. The Bertz CT molecular complexity index is 1890. The van der Waals surface area contributed by atoms with Crippen LogP contribution in [-0.4, -0.2) is 97.4 Å². The van der Waals surface area contributed by atoms with Crippen LogP contribution in [0.4, 0.5) is 4.79 Å². The average Bonchev–Trinajstić information content (AvgIpc) is 4.03. The molecule has 0 radical (unpaired) electrons. The first kappa shape index (κ1) is 38.8. The van der Waals surface area contributed by atoms with Crippen LogP contribution in [0.2, 0.25) is 0 Å². The lowest BCUT2D eigenvalue weighted by atomic mass is 10.1. The largest absolute Gasteiger partial charge is 0.457 e. The second kappa shape index (κ2) is 15.8. The van der Waals surface area contributed by atoms with E-state index in [1.165, 1.54) is 11.0 Å². The molecule has 5 unspecified atom stereocenters. The van der Waals surface area contributed by atoms with E-state index in [1.807, 2.05) is 24.3 Å². The van der Waals surface area contributed by atoms with E-state index in [0.717, 1.165) is 0 Å². The van der Waals surface area contributed by atoms with Gasteiger partial charge in [0.25, 0.3) is 5.91 Å². The predicted octanol–water partition coefficient (Wildman–Crippen LogP) is 3.35. The number of nitrogens with zero attached hydrogens (tertiary/aromatic N) is 1. The molecule has 2 saturated carbocycles. The SMILES string of the molecule is CC(C)(C)OC(=O)NC1COCCC/C=C/C2CC2(C(=O)NS(=O)(=O)C2CC2)NC(=O)C2CC(OC(=O)c3cccc(Oc4ccccc4)c3)CN2C1=O. The van der Waals surface area contributed by atoms with Crippen LogP contribution in [0.3, 0.4) is 0 Å². The molecule has 3 fully saturated rings. The molecule has 3 N–H and O–H groups in total. The van der Waals surface area contributed by atoms with Crippen molar-refractivity contribution >= 4 is 39.8 Å². The molecule has 6 rings (SSSR count). The fraction of sp³-hybridized carbons (Fsp3) is 0.500. The molecule has 15 nitrogen and oxygen atoms in total. The standard InChI is InChI=1S/C38H46N4O11S/c1-37(2,3)53-36(47)39-30-23-50-18-9-5-6-12-25-21-38(25,35(46)41-54(48,49)29-16-17-29)40-32(43)31-20-28(22-42(31)33(30)44)52-34(45)24-11-10-15-27(19-24)51-26-13-7-4-8-14-26/h4,6-8,10-15,19,25,28-31H,5,9,16-18,20-23H2,1-3H3,(H,39,47)(H,40,43)(H,41,46)/b12-6+. The molecule has 2 heterocycles. The molecule has 54 heavy (non-hydrogen) atoms. The van der Waals surface area contributed by atoms with E-state index in [4.69, 9.17) is 18.9 Å². The number of benzene rings is 2. The summed E-state index contributed by atoms with van der Waals surface area (Å²) in [5, 5.41) is 4.67. The summed E-state index contributed by atoms with van der Waals surface area (Å²) in [4.78, 5) is 69.6. The average molecular weight is 767 g/mol. The maximum Gasteiger partial charge on any atom is 0.408 e. The van der Waals surface area contributed by atoms with Gasteiger partial charge in [0.2, 0.25) is 21.8 Å². The van der Waals surface area contributed by atoms with Gasteiger partial charge in [0.05, 0.1) is 24.0 Å². The predicted molar refractivity (Wildman–Crippen MR) is 194 cm³/mol. The van der Waals surface area contributed by atoms with Crippen molar-refractivity contribution < 1.29 is 51.3 Å². The summed E-state index contributed by atoms with van der Waals surface area (Å²) in [6, 6.07) is 12.8. The highest BCUT2D eigenvalue weighted by Gasteiger charge is 2.62. The number of allylic oxidation sites excluding steroid dienone is 1. The molecule has 16 heteroatoms. The third-order valence-electron chi connectivity index (χ3n) is 9.44. The van der Waals surface area contributed by atoms with Crippen LogP contribution in [0.5, 0.6) is 11.5 Å². The van der Waals surface area contributed by atoms with Crippen molar-refractivity contribution in [1.82, 2.24) is 20.3 Å². The van der Waals surface area contributed by atoms with Crippen molar-refractivity contribution in [3.05, 3.63) is 72.3 Å². The van der Waals surface area contributed by atoms with Crippen LogP contribution >= 0.6 is 0 Å². The van der Waals surface area contributed by atoms with Crippen LogP contribution in [-0.2, 0) is 38.6 Å². The molecule has 290 valence electrons. The quantitative estimate of drug-likeness (QED) is 0.263. The zero-order valence-electron chi connectivity index (χ0n) is 30.4. The van der Waals surface area contributed by atoms with Gasteiger partial charge in [0.1, 0.15) is 40.8 Å². The summed E-state index contributed by atoms with van der Waals surface area (Å²) >= 11 is 0. The van der Waals surface area contributed by atoms with Gasteiger partial charge in [-0.25, -0.2) is 18.0 Å². The Hall–Kier alpha value is -4.96. The minimum absolute atomic E-state index is 0.140. The third-order valence-corrected chi connectivity index (χ3v) is 11.3. The number of hydrogen-bond acceptors (Lipinski definition) is 11. The maximum atomic E-state index is 14.3. The number of para-hydroxylation sites is 1. The molecule has 5 atom stereocenters. The van der Waals surface area contributed by atoms with Gasteiger partial charge in [-0.1, -0.05) is 36.4 Å². The Morgan fingerprint density at radius 2 is 1.76 bits per heavy atom. The first-order valence-corrected chi connectivity index (χ1v) is 19.6. The van der Waals surface area contributed by atoms with Gasteiger partial charge in [-0.2, -0.15) is 0 Å². The van der Waals surface area contributed by atoms with Crippen molar-refractivity contribution in [2.75, 3.05) is 19.8 Å². The Morgan fingerprint density at radius 3 is 2.48 bits per heavy atom. The molecule has 4 amide bonds. The molecule has 2 aliphatic carbocycles. The van der Waals surface area contributed by atoms with Gasteiger partial charge >= 0.3 is 12.1 Å². The van der Waals surface area contributed by atoms with Crippen LogP contribution in [0.15, 0.2) is 66.7 Å². The first-order chi connectivity index (χ1) is 25.6. The van der Waals surface area contributed by atoms with Gasteiger partial charge in [-0.15, -0.1) is 0 Å². The van der Waals surface area contributed by atoms with Gasteiger partial charge < -0.3 is 34.5 Å². The Morgan fingerprint density at radius 1 is 1.02 bits per heavy atom. The van der Waals surface area contributed by atoms with E-state index in [0.29, 0.717) is 37.2 Å². The Labute approximate surface area is 314 Å². The van der Waals surface area contributed by atoms with Gasteiger partial charge in [0.15, 0.2) is 0 Å². The summed E-state index contributed by atoms with van der Waals surface area (Å²) < 4.78 is 50.6. The third kappa shape index (κ3) is 9.58. The van der Waals surface area contributed by atoms with E-state index in [1.54, 1.807) is 57.2 Å². The molecular weight excluding hydrogens is 721 g/mol. The molecule has 4 aliphatic rings. The fourth-order valence-electron chi connectivity index (χ4n) is 6.46. The second-order valence-electron chi connectivity index (χ2n) is 15.0. The Kier molecular flexibility index (Phi) is 11.3. The summed E-state index contributed by atoms with van der Waals surface area (Å²) in [5.74, 6) is -2.58. The Balaban J connectivity index is 1.25. The van der Waals surface area contributed by atoms with Crippen molar-refractivity contribution in [3.63, 3.8) is 0 Å². The molecule has 1 saturated heterocycles. The number of carbonyl (C=O) groups excluding carboxylic acids is 5. The number of amides is 4. The highest BCUT2D eigenvalue weighted by Crippen LogP contribution is 2.46. The smallest absolute Gasteiger partial charge is 0.408 e. The molecule has 2 aromatic carbocycles. The van der Waals surface area contributed by atoms with Gasteiger partial charge in [-0.3, -0.25) is 19.1 Å². The van der Waals surface area contributed by atoms with Gasteiger partial charge in [0, 0.05) is 18.9 Å². The van der Waals surface area contributed by atoms with E-state index in [2.05, 4.69) is 15.4 Å². The van der Waals surface area contributed by atoms with E-state index < -0.39 is 80.3 Å². The normalized spacial score (nSPS) is 26.8. The number of fused-ring (bicyclic) bond motifs is 2.